The Kier molecular flexibility index (Phi) is 4.78. The molecule has 0 bridgehead atoms. The Morgan fingerprint density at radius 2 is 1.38 bits per heavy atom. The maximum atomic E-state index is 12.5. The van der Waals surface area contributed by atoms with Crippen LogP contribution in [-0.2, 0) is 9.59 Å². The van der Waals surface area contributed by atoms with Gasteiger partial charge >= 0.3 is 0 Å². The Hall–Kier alpha value is -1.10. The number of hydrogen-bond donors (Lipinski definition) is 1. The molecule has 118 valence electrons. The van der Waals surface area contributed by atoms with Gasteiger partial charge in [0, 0.05) is 32.1 Å². The highest BCUT2D eigenvalue weighted by Crippen LogP contribution is 2.26. The van der Waals surface area contributed by atoms with Crippen molar-refractivity contribution in [2.45, 2.75) is 51.0 Å². The summed E-state index contributed by atoms with van der Waals surface area (Å²) in [6, 6.07) is 0.0191. The molecule has 21 heavy (non-hydrogen) atoms. The molecule has 0 aromatic carbocycles. The summed E-state index contributed by atoms with van der Waals surface area (Å²) >= 11 is 0. The van der Waals surface area contributed by atoms with Crippen LogP contribution < -0.4 is 5.32 Å². The molecule has 1 saturated carbocycles. The normalized spacial score (nSPS) is 27.9. The SMILES string of the molecule is O=C(C1CCCCC1)N1CCN(C(=O)[C@@H]2CCCN2)CC1. The van der Waals surface area contributed by atoms with Crippen molar-refractivity contribution in [3.8, 4) is 0 Å². The van der Waals surface area contributed by atoms with Crippen LogP contribution >= 0.6 is 0 Å². The van der Waals surface area contributed by atoms with Crippen molar-refractivity contribution in [1.82, 2.24) is 15.1 Å². The summed E-state index contributed by atoms with van der Waals surface area (Å²) in [7, 11) is 0. The van der Waals surface area contributed by atoms with E-state index in [0.717, 1.165) is 32.2 Å². The minimum atomic E-state index is 0.0191. The van der Waals surface area contributed by atoms with Gasteiger partial charge in [0.2, 0.25) is 11.8 Å². The minimum Gasteiger partial charge on any atom is -0.339 e. The highest BCUT2D eigenvalue weighted by atomic mass is 16.2. The predicted octanol–water partition coefficient (Wildman–Crippen LogP) is 0.989. The zero-order valence-electron chi connectivity index (χ0n) is 12.9. The van der Waals surface area contributed by atoms with Crippen LogP contribution in [0.1, 0.15) is 44.9 Å². The Morgan fingerprint density at radius 1 is 0.762 bits per heavy atom. The summed E-state index contributed by atoms with van der Waals surface area (Å²) < 4.78 is 0. The average Bonchev–Trinajstić information content (AvgIpc) is 3.09. The van der Waals surface area contributed by atoms with Crippen molar-refractivity contribution in [2.75, 3.05) is 32.7 Å². The molecule has 2 saturated heterocycles. The van der Waals surface area contributed by atoms with Crippen molar-refractivity contribution < 1.29 is 9.59 Å². The molecule has 5 nitrogen and oxygen atoms in total. The molecule has 3 rings (SSSR count). The molecule has 2 aliphatic heterocycles. The van der Waals surface area contributed by atoms with E-state index >= 15 is 0 Å². The van der Waals surface area contributed by atoms with Gasteiger partial charge in [-0.15, -0.1) is 0 Å². The molecule has 0 aromatic heterocycles. The van der Waals surface area contributed by atoms with E-state index in [4.69, 9.17) is 0 Å². The van der Waals surface area contributed by atoms with E-state index in [2.05, 4.69) is 5.32 Å². The fraction of sp³-hybridized carbons (Fsp3) is 0.875. The van der Waals surface area contributed by atoms with Crippen molar-refractivity contribution in [3.05, 3.63) is 0 Å². The van der Waals surface area contributed by atoms with E-state index in [1.165, 1.54) is 19.3 Å². The molecular formula is C16H27N3O2. The lowest BCUT2D eigenvalue weighted by molar-refractivity contribution is -0.143. The third kappa shape index (κ3) is 3.39. The Labute approximate surface area is 127 Å². The fourth-order valence-electron chi connectivity index (χ4n) is 3.87. The molecule has 2 amide bonds. The van der Waals surface area contributed by atoms with E-state index in [1.54, 1.807) is 0 Å². The summed E-state index contributed by atoms with van der Waals surface area (Å²) in [5, 5.41) is 3.27. The molecule has 0 unspecified atom stereocenters. The number of carbonyl (C=O) groups is 2. The number of hydrogen-bond acceptors (Lipinski definition) is 3. The summed E-state index contributed by atoms with van der Waals surface area (Å²) in [5.74, 6) is 0.815. The van der Waals surface area contributed by atoms with Crippen LogP contribution in [0.5, 0.6) is 0 Å². The number of carbonyl (C=O) groups excluding carboxylic acids is 2. The summed E-state index contributed by atoms with van der Waals surface area (Å²) in [4.78, 5) is 28.8. The van der Waals surface area contributed by atoms with Crippen LogP contribution in [0.3, 0.4) is 0 Å². The van der Waals surface area contributed by atoms with Gasteiger partial charge in [0.05, 0.1) is 6.04 Å². The third-order valence-electron chi connectivity index (χ3n) is 5.22. The van der Waals surface area contributed by atoms with E-state index in [1.807, 2.05) is 9.80 Å². The van der Waals surface area contributed by atoms with Gasteiger partial charge in [-0.25, -0.2) is 0 Å². The Bertz CT molecular complexity index is 379. The number of piperazine rings is 1. The standard InChI is InChI=1S/C16H27N3O2/c20-15(13-5-2-1-3-6-13)18-9-11-19(12-10-18)16(21)14-7-4-8-17-14/h13-14,17H,1-12H2/t14-/m0/s1. The first-order valence-electron chi connectivity index (χ1n) is 8.56. The topological polar surface area (TPSA) is 52.7 Å². The lowest BCUT2D eigenvalue weighted by Crippen LogP contribution is -2.55. The highest BCUT2D eigenvalue weighted by Gasteiger charge is 2.32. The molecule has 5 heteroatoms. The number of amides is 2. The quantitative estimate of drug-likeness (QED) is 0.826. The van der Waals surface area contributed by atoms with Gasteiger partial charge in [-0.05, 0) is 32.2 Å². The first-order chi connectivity index (χ1) is 10.3. The van der Waals surface area contributed by atoms with Gasteiger partial charge in [-0.3, -0.25) is 9.59 Å². The second kappa shape index (κ2) is 6.77. The Balaban J connectivity index is 1.48. The number of nitrogens with one attached hydrogen (secondary N) is 1. The first-order valence-corrected chi connectivity index (χ1v) is 8.56. The van der Waals surface area contributed by atoms with Gasteiger partial charge in [0.1, 0.15) is 0 Å². The van der Waals surface area contributed by atoms with Gasteiger partial charge in [0.15, 0.2) is 0 Å². The van der Waals surface area contributed by atoms with E-state index in [-0.39, 0.29) is 17.9 Å². The van der Waals surface area contributed by atoms with Gasteiger partial charge in [-0.1, -0.05) is 19.3 Å². The molecule has 1 N–H and O–H groups in total. The molecule has 1 atom stereocenters. The lowest BCUT2D eigenvalue weighted by atomic mass is 9.88. The van der Waals surface area contributed by atoms with Crippen molar-refractivity contribution >= 4 is 11.8 Å². The molecular weight excluding hydrogens is 266 g/mol. The summed E-state index contributed by atoms with van der Waals surface area (Å²) in [6.07, 6.45) is 7.84. The van der Waals surface area contributed by atoms with E-state index in [0.29, 0.717) is 32.1 Å². The molecule has 0 spiro atoms. The number of nitrogens with zero attached hydrogens (tertiary/aromatic N) is 2. The maximum Gasteiger partial charge on any atom is 0.239 e. The molecule has 2 heterocycles. The van der Waals surface area contributed by atoms with Crippen molar-refractivity contribution in [1.29, 1.82) is 0 Å². The van der Waals surface area contributed by atoms with Gasteiger partial charge < -0.3 is 15.1 Å². The lowest BCUT2D eigenvalue weighted by Gasteiger charge is -2.38. The number of rotatable bonds is 2. The van der Waals surface area contributed by atoms with Gasteiger partial charge in [0.25, 0.3) is 0 Å². The monoisotopic (exact) mass is 293 g/mol. The van der Waals surface area contributed by atoms with Crippen LogP contribution in [0.2, 0.25) is 0 Å². The second-order valence-electron chi connectivity index (χ2n) is 6.63. The summed E-state index contributed by atoms with van der Waals surface area (Å²) in [6.45, 7) is 3.79. The smallest absolute Gasteiger partial charge is 0.239 e. The van der Waals surface area contributed by atoms with Crippen LogP contribution in [-0.4, -0.2) is 60.4 Å². The van der Waals surface area contributed by atoms with Crippen LogP contribution in [0.25, 0.3) is 0 Å². The Morgan fingerprint density at radius 3 is 1.95 bits per heavy atom. The van der Waals surface area contributed by atoms with Crippen LogP contribution in [0.4, 0.5) is 0 Å². The zero-order valence-corrected chi connectivity index (χ0v) is 12.9. The van der Waals surface area contributed by atoms with Gasteiger partial charge in [-0.2, -0.15) is 0 Å². The molecule has 3 aliphatic rings. The van der Waals surface area contributed by atoms with E-state index in [9.17, 15) is 9.59 Å². The van der Waals surface area contributed by atoms with Crippen LogP contribution in [0, 0.1) is 5.92 Å². The molecule has 3 fully saturated rings. The molecule has 0 aromatic rings. The van der Waals surface area contributed by atoms with Crippen LogP contribution in [0.15, 0.2) is 0 Å². The highest BCUT2D eigenvalue weighted by molar-refractivity contribution is 5.83. The second-order valence-corrected chi connectivity index (χ2v) is 6.63. The van der Waals surface area contributed by atoms with Crippen molar-refractivity contribution in [2.24, 2.45) is 5.92 Å². The molecule has 0 radical (unpaired) electrons. The molecule has 1 aliphatic carbocycles. The maximum absolute atomic E-state index is 12.5. The zero-order chi connectivity index (χ0) is 14.7. The first kappa shape index (κ1) is 14.8. The van der Waals surface area contributed by atoms with Crippen molar-refractivity contribution in [3.63, 3.8) is 0 Å². The third-order valence-corrected chi connectivity index (χ3v) is 5.22. The average molecular weight is 293 g/mol. The van der Waals surface area contributed by atoms with E-state index < -0.39 is 0 Å². The fourth-order valence-corrected chi connectivity index (χ4v) is 3.87. The minimum absolute atomic E-state index is 0.0191. The predicted molar refractivity (Wildman–Crippen MR) is 80.8 cm³/mol. The summed E-state index contributed by atoms with van der Waals surface area (Å²) in [5.41, 5.74) is 0. The largest absolute Gasteiger partial charge is 0.339 e.